The fraction of sp³-hybridized carbons (Fsp3) is 0.721. The van der Waals surface area contributed by atoms with Gasteiger partial charge in [0.2, 0.25) is 0 Å². The molecule has 0 spiro atoms. The maximum atomic E-state index is 8.37. The van der Waals surface area contributed by atoms with Gasteiger partial charge in [-0.25, -0.2) is 0 Å². The van der Waals surface area contributed by atoms with Crippen molar-refractivity contribution < 1.29 is 9.47 Å². The van der Waals surface area contributed by atoms with E-state index in [0.29, 0.717) is 81.8 Å². The van der Waals surface area contributed by atoms with Crippen molar-refractivity contribution in [2.45, 2.75) is 346 Å². The predicted octanol–water partition coefficient (Wildman–Crippen LogP) is 20.8. The Bertz CT molecular complexity index is 2980. The Labute approximate surface area is 574 Å². The minimum Gasteiger partial charge on any atom is -0.373 e. The number of rotatable bonds is 4. The van der Waals surface area contributed by atoms with E-state index < -0.39 is 15.8 Å². The summed E-state index contributed by atoms with van der Waals surface area (Å²) in [4.78, 5) is 13.3. The molecule has 6 nitrogen and oxygen atoms in total. The normalized spacial score (nSPS) is 39.4. The third kappa shape index (κ3) is 10.7. The van der Waals surface area contributed by atoms with Gasteiger partial charge >= 0.3 is 0 Å². The summed E-state index contributed by atoms with van der Waals surface area (Å²) in [6.45, 7) is 60.2. The SMILES string of the molecule is CC(C)(C)c1ccc(N2C3CC(C(C)(C)C)CC4OC5CC(C(C)(C)C)CC6C5P(C43)C3C2C2C4C(C3N6c3ccc(C(C)(C)C)cc3)N(c3ccc(C(C)(C)C)cc3)C3CC(C(C)(C)C)CC5OC6CC(C(C)(C)C)CC(C6P4C53)N2c2ccc(C(C)(C)C)cc2)cc1. The molecular weight excluding hydrogens is 1180 g/mol. The van der Waals surface area contributed by atoms with Gasteiger partial charge in [-0.05, 0) is 189 Å². The highest BCUT2D eigenvalue weighted by atomic mass is 31.1. The lowest BCUT2D eigenvalue weighted by Crippen LogP contribution is -2.90. The molecule has 15 rings (SSSR count). The first kappa shape index (κ1) is 66.7. The lowest BCUT2D eigenvalue weighted by atomic mass is 9.64. The Morgan fingerprint density at radius 3 is 0.596 bits per heavy atom. The summed E-state index contributed by atoms with van der Waals surface area (Å²) in [6, 6.07) is 44.6. The van der Waals surface area contributed by atoms with Crippen molar-refractivity contribution in [2.24, 2.45) is 45.3 Å². The second kappa shape index (κ2) is 22.2. The zero-order valence-electron chi connectivity index (χ0n) is 63.1. The maximum absolute atomic E-state index is 8.37. The molecule has 4 aromatic rings. The maximum Gasteiger partial charge on any atom is 0.0669 e. The molecule has 0 amide bonds. The third-order valence-electron chi connectivity index (χ3n) is 27.9. The Hall–Kier alpha value is -3.14. The molecule has 0 aromatic heterocycles. The van der Waals surface area contributed by atoms with Crippen LogP contribution in [0.2, 0.25) is 0 Å². The van der Waals surface area contributed by atoms with Gasteiger partial charge in [0.05, 0.1) is 48.6 Å². The highest BCUT2D eigenvalue weighted by Gasteiger charge is 2.79. The summed E-state index contributed by atoms with van der Waals surface area (Å²) in [6.07, 6.45) is 10.7. The molecule has 6 aliphatic heterocycles. The molecule has 11 aliphatic rings. The summed E-state index contributed by atoms with van der Waals surface area (Å²) in [5.41, 5.74) is 15.3. The Morgan fingerprint density at radius 2 is 0.436 bits per heavy atom. The van der Waals surface area contributed by atoms with E-state index >= 15 is 0 Å². The van der Waals surface area contributed by atoms with Crippen molar-refractivity contribution in [3.63, 3.8) is 0 Å². The summed E-state index contributed by atoms with van der Waals surface area (Å²) in [5, 5.41) is 0. The van der Waals surface area contributed by atoms with Crippen LogP contribution in [0.3, 0.4) is 0 Å². The predicted molar refractivity (Wildman–Crippen MR) is 403 cm³/mol. The van der Waals surface area contributed by atoms with Crippen molar-refractivity contribution in [3.8, 4) is 0 Å². The smallest absolute Gasteiger partial charge is 0.0669 e. The molecule has 5 saturated carbocycles. The number of hydrogen-bond donors (Lipinski definition) is 0. The highest BCUT2D eigenvalue weighted by molar-refractivity contribution is 7.61. The molecule has 512 valence electrons. The fourth-order valence-electron chi connectivity index (χ4n) is 22.6. The van der Waals surface area contributed by atoms with Crippen LogP contribution < -0.4 is 19.6 Å². The van der Waals surface area contributed by atoms with Gasteiger partial charge in [0.1, 0.15) is 0 Å². The molecule has 0 N–H and O–H groups in total. The molecule has 6 heterocycles. The Balaban J connectivity index is 1.09. The van der Waals surface area contributed by atoms with Crippen LogP contribution in [0.5, 0.6) is 0 Å². The molecule has 6 saturated heterocycles. The van der Waals surface area contributed by atoms with E-state index in [1.807, 2.05) is 0 Å². The number of anilines is 4. The monoisotopic (exact) mass is 1310 g/mol. The number of benzene rings is 4. The molecule has 20 atom stereocenters. The second-order valence-electron chi connectivity index (χ2n) is 41.4. The lowest BCUT2D eigenvalue weighted by Gasteiger charge is -2.80. The highest BCUT2D eigenvalue weighted by Crippen LogP contribution is 2.80. The van der Waals surface area contributed by atoms with Crippen LogP contribution in [0.4, 0.5) is 22.7 Å². The van der Waals surface area contributed by atoms with E-state index in [-0.39, 0.29) is 91.9 Å². The minimum absolute atomic E-state index is 0.0433. The minimum atomic E-state index is -0.621. The summed E-state index contributed by atoms with van der Waals surface area (Å²) in [7, 11) is -1.24. The zero-order chi connectivity index (χ0) is 67.2. The first-order valence-electron chi connectivity index (χ1n) is 38.1. The van der Waals surface area contributed by atoms with Gasteiger partial charge in [-0.15, -0.1) is 0 Å². The number of fused-ring (bicyclic) bond motifs is 2. The molecule has 11 fully saturated rings. The first-order chi connectivity index (χ1) is 43.7. The summed E-state index contributed by atoms with van der Waals surface area (Å²) in [5.74, 6) is 2.20. The van der Waals surface area contributed by atoms with E-state index in [0.717, 1.165) is 0 Å². The van der Waals surface area contributed by atoms with E-state index in [1.54, 1.807) is 0 Å². The van der Waals surface area contributed by atoms with Crippen LogP contribution in [-0.2, 0) is 31.1 Å². The number of ether oxygens (including phenoxy) is 2. The van der Waals surface area contributed by atoms with Gasteiger partial charge in [0.25, 0.3) is 0 Å². The van der Waals surface area contributed by atoms with Gasteiger partial charge in [0.15, 0.2) is 0 Å². The third-order valence-corrected chi connectivity index (χ3v) is 35.9. The quantitative estimate of drug-likeness (QED) is 0.189. The standard InChI is InChI=1S/C86H126N4O2P2/c1-79(2,3)49-25-33-57(34-26-49)87-61-41-53(83(13,14)15)45-65-73(61)93-74-63(43-55(85(19,20)21)46-66(74)91-65)89(59-37-29-51(30-38-59)81(7,8)9)71-72-78-70(69(87)77(71)93)88(58-35-27-50(28-36-58)80(4,5)6)62-42-54(84(16,17)18)47-67-75(62)94(78)76-64(44-56(86(22,23)24)48-68(76)92-67)90(72)60-39-31-52(32-40-60)82(10,11)12/h25-40,53-56,61-78H,41-48H2,1-24H3. The molecule has 0 bridgehead atoms. The van der Waals surface area contributed by atoms with Crippen LogP contribution in [0.25, 0.3) is 0 Å². The van der Waals surface area contributed by atoms with Crippen molar-refractivity contribution in [1.29, 1.82) is 0 Å². The van der Waals surface area contributed by atoms with Gasteiger partial charge in [-0.1, -0.05) is 231 Å². The molecule has 5 aliphatic carbocycles. The molecular formula is C86H126N4O2P2. The molecule has 8 heteroatoms. The second-order valence-corrected chi connectivity index (χ2v) is 46.8. The summed E-state index contributed by atoms with van der Waals surface area (Å²) >= 11 is 0. The van der Waals surface area contributed by atoms with Crippen molar-refractivity contribution in [1.82, 2.24) is 0 Å². The van der Waals surface area contributed by atoms with Crippen molar-refractivity contribution in [2.75, 3.05) is 19.6 Å². The largest absolute Gasteiger partial charge is 0.373 e. The van der Waals surface area contributed by atoms with Crippen LogP contribution in [0.15, 0.2) is 97.1 Å². The van der Waals surface area contributed by atoms with Crippen molar-refractivity contribution >= 4 is 38.6 Å². The van der Waals surface area contributed by atoms with Crippen LogP contribution in [0.1, 0.15) is 240 Å². The molecule has 20 unspecified atom stereocenters. The topological polar surface area (TPSA) is 31.4 Å². The van der Waals surface area contributed by atoms with Crippen LogP contribution in [0, 0.1) is 45.3 Å². The van der Waals surface area contributed by atoms with E-state index in [1.165, 1.54) is 96.4 Å². The Morgan fingerprint density at radius 1 is 0.255 bits per heavy atom. The van der Waals surface area contributed by atoms with E-state index in [2.05, 4.69) is 283 Å². The van der Waals surface area contributed by atoms with Gasteiger partial charge in [-0.2, -0.15) is 0 Å². The fourth-order valence-corrected chi connectivity index (χ4v) is 32.6. The summed E-state index contributed by atoms with van der Waals surface area (Å²) < 4.78 is 16.7. The average Bonchev–Trinajstić information content (AvgIpc) is 0.651. The zero-order valence-corrected chi connectivity index (χ0v) is 64.9. The molecule has 0 radical (unpaired) electrons. The molecule has 4 aromatic carbocycles. The molecule has 94 heavy (non-hydrogen) atoms. The van der Waals surface area contributed by atoms with Gasteiger partial charge < -0.3 is 29.1 Å². The first-order valence-corrected chi connectivity index (χ1v) is 41.2. The average molecular weight is 1310 g/mol. The van der Waals surface area contributed by atoms with Crippen molar-refractivity contribution in [3.05, 3.63) is 119 Å². The number of nitrogens with zero attached hydrogens (tertiary/aromatic N) is 4. The lowest BCUT2D eigenvalue weighted by molar-refractivity contribution is -0.105. The van der Waals surface area contributed by atoms with Crippen LogP contribution in [-0.4, -0.2) is 107 Å². The number of hydrogen-bond acceptors (Lipinski definition) is 6. The van der Waals surface area contributed by atoms with Gasteiger partial charge in [-0.3, -0.25) is 0 Å². The van der Waals surface area contributed by atoms with E-state index in [9.17, 15) is 0 Å². The van der Waals surface area contributed by atoms with Crippen LogP contribution >= 0.6 is 15.8 Å². The van der Waals surface area contributed by atoms with Gasteiger partial charge in [0, 0.05) is 80.9 Å². The van der Waals surface area contributed by atoms with E-state index in [4.69, 9.17) is 9.47 Å². The Kier molecular flexibility index (Phi) is 15.7.